The van der Waals surface area contributed by atoms with E-state index < -0.39 is 0 Å². The van der Waals surface area contributed by atoms with Gasteiger partial charge in [-0.05, 0) is 76.8 Å². The Morgan fingerprint density at radius 3 is 2.30 bits per heavy atom. The molecular weight excluding hydrogens is 338 g/mol. The van der Waals surface area contributed by atoms with Crippen molar-refractivity contribution in [3.05, 3.63) is 0 Å². The minimum Gasteiger partial charge on any atom is -0.353 e. The summed E-state index contributed by atoms with van der Waals surface area (Å²) in [6.45, 7) is 2.85. The Kier molecular flexibility index (Phi) is 7.98. The first-order chi connectivity index (χ1) is 13.2. The fourth-order valence-corrected chi connectivity index (χ4v) is 5.40. The van der Waals surface area contributed by atoms with E-state index in [1.165, 1.54) is 38.5 Å². The number of hydrogen-bond donors (Lipinski definition) is 2. The van der Waals surface area contributed by atoms with Gasteiger partial charge >= 0.3 is 0 Å². The fraction of sp³-hybridized carbons (Fsp3) is 0.909. The molecule has 1 aliphatic heterocycles. The molecule has 2 N–H and O–H groups in total. The molecule has 154 valence electrons. The van der Waals surface area contributed by atoms with Crippen LogP contribution in [-0.2, 0) is 9.59 Å². The molecule has 0 aromatic heterocycles. The molecule has 5 nitrogen and oxygen atoms in total. The van der Waals surface area contributed by atoms with Crippen molar-refractivity contribution in [1.29, 1.82) is 0 Å². The molecule has 2 aliphatic carbocycles. The largest absolute Gasteiger partial charge is 0.353 e. The predicted octanol–water partition coefficient (Wildman–Crippen LogP) is 3.09. The van der Waals surface area contributed by atoms with Crippen molar-refractivity contribution in [1.82, 2.24) is 15.5 Å². The summed E-state index contributed by atoms with van der Waals surface area (Å²) in [5, 5.41) is 6.51. The lowest BCUT2D eigenvalue weighted by atomic mass is 9.83. The zero-order chi connectivity index (χ0) is 19.1. The van der Waals surface area contributed by atoms with E-state index in [0.29, 0.717) is 24.2 Å². The molecule has 1 atom stereocenters. The fourth-order valence-electron chi connectivity index (χ4n) is 5.40. The lowest BCUT2D eigenvalue weighted by Gasteiger charge is -2.37. The Bertz CT molecular complexity index is 480. The molecule has 0 spiro atoms. The molecule has 0 bridgehead atoms. The van der Waals surface area contributed by atoms with Crippen molar-refractivity contribution < 1.29 is 9.59 Å². The van der Waals surface area contributed by atoms with E-state index >= 15 is 0 Å². The minimum absolute atomic E-state index is 0.171. The van der Waals surface area contributed by atoms with Gasteiger partial charge in [0.25, 0.3) is 0 Å². The van der Waals surface area contributed by atoms with Crippen molar-refractivity contribution in [3.63, 3.8) is 0 Å². The second-order valence-corrected chi connectivity index (χ2v) is 9.17. The van der Waals surface area contributed by atoms with E-state index in [4.69, 9.17) is 0 Å². The molecular formula is C22H39N3O2. The first kappa shape index (κ1) is 20.6. The molecule has 0 aromatic carbocycles. The van der Waals surface area contributed by atoms with Gasteiger partial charge in [0.2, 0.25) is 11.8 Å². The average Bonchev–Trinajstić information content (AvgIpc) is 2.69. The Labute approximate surface area is 165 Å². The van der Waals surface area contributed by atoms with Gasteiger partial charge in [0.1, 0.15) is 0 Å². The normalized spacial score (nSPS) is 30.1. The maximum absolute atomic E-state index is 12.9. The van der Waals surface area contributed by atoms with Gasteiger partial charge in [0, 0.05) is 31.5 Å². The third-order valence-corrected chi connectivity index (χ3v) is 6.96. The van der Waals surface area contributed by atoms with Crippen molar-refractivity contribution >= 4 is 11.8 Å². The van der Waals surface area contributed by atoms with Crippen molar-refractivity contribution in [2.45, 2.75) is 83.1 Å². The number of carbonyl (C=O) groups is 2. The van der Waals surface area contributed by atoms with Gasteiger partial charge in [-0.2, -0.15) is 0 Å². The number of hydrogen-bond acceptors (Lipinski definition) is 3. The molecule has 27 heavy (non-hydrogen) atoms. The predicted molar refractivity (Wildman–Crippen MR) is 108 cm³/mol. The van der Waals surface area contributed by atoms with Crippen LogP contribution in [0.25, 0.3) is 0 Å². The van der Waals surface area contributed by atoms with Crippen molar-refractivity contribution in [3.8, 4) is 0 Å². The quantitative estimate of drug-likeness (QED) is 0.748. The molecule has 1 heterocycles. The summed E-state index contributed by atoms with van der Waals surface area (Å²) in [4.78, 5) is 27.4. The van der Waals surface area contributed by atoms with Gasteiger partial charge in [-0.25, -0.2) is 0 Å². The molecule has 5 heteroatoms. The molecule has 0 aromatic rings. The average molecular weight is 378 g/mol. The Hall–Kier alpha value is -1.10. The number of likely N-dealkylation sites (tertiary alicyclic amines) is 1. The van der Waals surface area contributed by atoms with Gasteiger partial charge in [-0.1, -0.05) is 19.3 Å². The highest BCUT2D eigenvalue weighted by Gasteiger charge is 2.32. The Morgan fingerprint density at radius 1 is 0.889 bits per heavy atom. The first-order valence-corrected chi connectivity index (χ1v) is 11.4. The second-order valence-electron chi connectivity index (χ2n) is 9.17. The summed E-state index contributed by atoms with van der Waals surface area (Å²) in [5.74, 6) is 1.97. The summed E-state index contributed by atoms with van der Waals surface area (Å²) in [7, 11) is 1.99. The highest BCUT2D eigenvalue weighted by atomic mass is 16.2. The lowest BCUT2D eigenvalue weighted by Crippen LogP contribution is -2.47. The Balaban J connectivity index is 1.37. The van der Waals surface area contributed by atoms with Crippen LogP contribution in [0, 0.1) is 17.8 Å². The zero-order valence-corrected chi connectivity index (χ0v) is 17.2. The van der Waals surface area contributed by atoms with E-state index in [9.17, 15) is 9.59 Å². The second kappa shape index (κ2) is 10.4. The van der Waals surface area contributed by atoms with Crippen molar-refractivity contribution in [2.75, 3.05) is 26.7 Å². The highest BCUT2D eigenvalue weighted by molar-refractivity contribution is 5.79. The van der Waals surface area contributed by atoms with E-state index in [-0.39, 0.29) is 17.9 Å². The number of rotatable bonds is 6. The molecule has 3 rings (SSSR count). The maximum atomic E-state index is 12.9. The van der Waals surface area contributed by atoms with Crippen LogP contribution in [0.5, 0.6) is 0 Å². The highest BCUT2D eigenvalue weighted by Crippen LogP contribution is 2.29. The van der Waals surface area contributed by atoms with Gasteiger partial charge in [0.05, 0.1) is 0 Å². The third-order valence-electron chi connectivity index (χ3n) is 6.96. The zero-order valence-electron chi connectivity index (χ0n) is 17.2. The summed E-state index contributed by atoms with van der Waals surface area (Å²) in [6.07, 6.45) is 13.2. The smallest absolute Gasteiger partial charge is 0.225 e. The molecule has 1 unspecified atom stereocenters. The topological polar surface area (TPSA) is 61.4 Å². The molecule has 1 saturated heterocycles. The number of nitrogens with zero attached hydrogens (tertiary/aromatic N) is 1. The van der Waals surface area contributed by atoms with Crippen LogP contribution in [0.4, 0.5) is 0 Å². The maximum Gasteiger partial charge on any atom is 0.225 e. The molecule has 0 radical (unpaired) electrons. The van der Waals surface area contributed by atoms with Crippen molar-refractivity contribution in [2.24, 2.45) is 17.8 Å². The summed E-state index contributed by atoms with van der Waals surface area (Å²) >= 11 is 0. The monoisotopic (exact) mass is 377 g/mol. The molecule has 3 aliphatic rings. The van der Waals surface area contributed by atoms with Gasteiger partial charge in [0.15, 0.2) is 0 Å². The summed E-state index contributed by atoms with van der Waals surface area (Å²) in [6, 6.07) is 0.281. The minimum atomic E-state index is 0.171. The molecule has 2 amide bonds. The number of carbonyl (C=O) groups excluding carboxylic acids is 2. The first-order valence-electron chi connectivity index (χ1n) is 11.4. The number of amides is 2. The lowest BCUT2D eigenvalue weighted by molar-refractivity contribution is -0.138. The molecule has 3 fully saturated rings. The standard InChI is InChI=1S/C22H39N3O2/c1-23-15-18-8-5-13-25(16-18)22(27)19-9-11-20(12-10-19)24-21(26)14-17-6-3-2-4-7-17/h17-20,23H,2-16H2,1H3,(H,24,26). The van der Waals surface area contributed by atoms with Gasteiger partial charge in [-0.3, -0.25) is 9.59 Å². The summed E-state index contributed by atoms with van der Waals surface area (Å²) < 4.78 is 0. The van der Waals surface area contributed by atoms with Crippen LogP contribution in [-0.4, -0.2) is 49.4 Å². The Morgan fingerprint density at radius 2 is 1.59 bits per heavy atom. The molecule has 2 saturated carbocycles. The number of piperidine rings is 1. The van der Waals surface area contributed by atoms with E-state index in [2.05, 4.69) is 15.5 Å². The summed E-state index contributed by atoms with van der Waals surface area (Å²) in [5.41, 5.74) is 0. The van der Waals surface area contributed by atoms with Crippen LogP contribution < -0.4 is 10.6 Å². The van der Waals surface area contributed by atoms with Crippen LogP contribution in [0.3, 0.4) is 0 Å². The van der Waals surface area contributed by atoms with Gasteiger partial charge in [-0.15, -0.1) is 0 Å². The van der Waals surface area contributed by atoms with E-state index in [0.717, 1.165) is 51.7 Å². The van der Waals surface area contributed by atoms with Crippen LogP contribution >= 0.6 is 0 Å². The van der Waals surface area contributed by atoms with Gasteiger partial charge < -0.3 is 15.5 Å². The third kappa shape index (κ3) is 6.20. The van der Waals surface area contributed by atoms with E-state index in [1.54, 1.807) is 0 Å². The van der Waals surface area contributed by atoms with Crippen LogP contribution in [0.2, 0.25) is 0 Å². The van der Waals surface area contributed by atoms with Crippen LogP contribution in [0.1, 0.15) is 77.0 Å². The van der Waals surface area contributed by atoms with E-state index in [1.807, 2.05) is 7.05 Å². The number of nitrogens with one attached hydrogen (secondary N) is 2. The van der Waals surface area contributed by atoms with Crippen LogP contribution in [0.15, 0.2) is 0 Å². The SMILES string of the molecule is CNCC1CCCN(C(=O)C2CCC(NC(=O)CC3CCCCC3)CC2)C1.